The Morgan fingerprint density at radius 3 is 1.94 bits per heavy atom. The maximum Gasteiger partial charge on any atom is 0.256 e. The number of allylic oxidation sites excluding steroid dienone is 2. The van der Waals surface area contributed by atoms with E-state index >= 15 is 0 Å². The molecular formula is C24H32O8. The number of fused-ring (bicyclic) bond motifs is 3. The zero-order valence-corrected chi connectivity index (χ0v) is 19.6. The molecule has 176 valence electrons. The van der Waals surface area contributed by atoms with Gasteiger partial charge in [-0.3, -0.25) is 9.59 Å². The quantitative estimate of drug-likeness (QED) is 0.372. The minimum absolute atomic E-state index is 0.0638. The molecule has 2 bridgehead atoms. The summed E-state index contributed by atoms with van der Waals surface area (Å²) in [4.78, 5) is 27.5. The van der Waals surface area contributed by atoms with E-state index in [-0.39, 0.29) is 11.5 Å². The monoisotopic (exact) mass is 448 g/mol. The van der Waals surface area contributed by atoms with Gasteiger partial charge in [-0.2, -0.15) is 0 Å². The molecule has 0 fully saturated rings. The van der Waals surface area contributed by atoms with Crippen molar-refractivity contribution in [3.63, 3.8) is 0 Å². The zero-order valence-electron chi connectivity index (χ0n) is 19.6. The summed E-state index contributed by atoms with van der Waals surface area (Å²) in [5.41, 5.74) is 0.202. The fourth-order valence-corrected chi connectivity index (χ4v) is 6.15. The van der Waals surface area contributed by atoms with Crippen LogP contribution in [0.2, 0.25) is 0 Å². The van der Waals surface area contributed by atoms with Crippen LogP contribution in [0.15, 0.2) is 48.3 Å². The highest BCUT2D eigenvalue weighted by Crippen LogP contribution is 2.66. The summed E-state index contributed by atoms with van der Waals surface area (Å²) >= 11 is 0. The topological polar surface area (TPSA) is 89.5 Å². The van der Waals surface area contributed by atoms with Crippen LogP contribution < -0.4 is 0 Å². The summed E-state index contributed by atoms with van der Waals surface area (Å²) in [7, 11) is 8.54. The van der Waals surface area contributed by atoms with Gasteiger partial charge in [-0.1, -0.05) is 12.2 Å². The van der Waals surface area contributed by atoms with E-state index < -0.39 is 40.7 Å². The highest BCUT2D eigenvalue weighted by atomic mass is 16.7. The van der Waals surface area contributed by atoms with Crippen LogP contribution in [-0.4, -0.2) is 71.9 Å². The number of hydrogen-bond acceptors (Lipinski definition) is 8. The summed E-state index contributed by atoms with van der Waals surface area (Å²) in [6.07, 6.45) is 5.10. The minimum Gasteiger partial charge on any atom is -0.493 e. The molecule has 8 nitrogen and oxygen atoms in total. The third-order valence-electron chi connectivity index (χ3n) is 7.23. The minimum atomic E-state index is -1.80. The normalized spacial score (nSPS) is 32.4. The van der Waals surface area contributed by atoms with Gasteiger partial charge in [0, 0.05) is 52.5 Å². The second-order valence-electron chi connectivity index (χ2n) is 8.13. The van der Waals surface area contributed by atoms with E-state index in [1.165, 1.54) is 42.7 Å². The smallest absolute Gasteiger partial charge is 0.256 e. The van der Waals surface area contributed by atoms with E-state index in [4.69, 9.17) is 28.4 Å². The molecule has 0 N–H and O–H groups in total. The first-order valence-corrected chi connectivity index (χ1v) is 10.3. The van der Waals surface area contributed by atoms with E-state index in [1.54, 1.807) is 18.2 Å². The second-order valence-corrected chi connectivity index (χ2v) is 8.13. The number of carbonyl (C=O) groups is 2. The summed E-state index contributed by atoms with van der Waals surface area (Å²) in [5.74, 6) is -5.75. The lowest BCUT2D eigenvalue weighted by atomic mass is 9.52. The third-order valence-corrected chi connectivity index (χ3v) is 7.23. The number of ether oxygens (including phenoxy) is 6. The number of rotatable bonds is 10. The van der Waals surface area contributed by atoms with E-state index in [2.05, 4.69) is 13.2 Å². The molecule has 0 aromatic rings. The number of ketones is 2. The lowest BCUT2D eigenvalue weighted by Crippen LogP contribution is -2.67. The van der Waals surface area contributed by atoms with Crippen molar-refractivity contribution in [2.24, 2.45) is 17.3 Å². The molecular weight excluding hydrogens is 416 g/mol. The Labute approximate surface area is 188 Å². The van der Waals surface area contributed by atoms with Gasteiger partial charge in [0.05, 0.1) is 19.1 Å². The van der Waals surface area contributed by atoms with E-state index in [9.17, 15) is 9.59 Å². The molecule has 0 spiro atoms. The maximum absolute atomic E-state index is 13.9. The molecule has 0 radical (unpaired) electrons. The molecule has 3 aliphatic carbocycles. The van der Waals surface area contributed by atoms with Gasteiger partial charge in [-0.05, 0) is 24.5 Å². The van der Waals surface area contributed by atoms with Crippen LogP contribution in [-0.2, 0) is 38.0 Å². The van der Waals surface area contributed by atoms with Gasteiger partial charge in [0.15, 0.2) is 5.76 Å². The van der Waals surface area contributed by atoms with E-state index in [1.807, 2.05) is 0 Å². The van der Waals surface area contributed by atoms with Crippen molar-refractivity contribution < 1.29 is 38.0 Å². The molecule has 0 aliphatic heterocycles. The number of methoxy groups -OCH3 is 6. The lowest BCUT2D eigenvalue weighted by molar-refractivity contribution is -0.292. The van der Waals surface area contributed by atoms with Gasteiger partial charge in [-0.15, -0.1) is 13.2 Å². The van der Waals surface area contributed by atoms with Gasteiger partial charge in [0.2, 0.25) is 17.4 Å². The Hall–Kier alpha value is -2.10. The van der Waals surface area contributed by atoms with Crippen molar-refractivity contribution in [3.8, 4) is 0 Å². The lowest BCUT2D eigenvalue weighted by Gasteiger charge is -2.57. The molecule has 0 heterocycles. The molecule has 8 heteroatoms. The Morgan fingerprint density at radius 2 is 1.50 bits per heavy atom. The largest absolute Gasteiger partial charge is 0.493 e. The summed E-state index contributed by atoms with van der Waals surface area (Å²) in [6, 6.07) is 0. The average Bonchev–Trinajstić information content (AvgIpc) is 2.99. The fourth-order valence-electron chi connectivity index (χ4n) is 6.15. The van der Waals surface area contributed by atoms with Gasteiger partial charge in [-0.25, -0.2) is 0 Å². The van der Waals surface area contributed by atoms with Crippen molar-refractivity contribution >= 4 is 11.6 Å². The van der Waals surface area contributed by atoms with Crippen LogP contribution in [0, 0.1) is 17.3 Å². The second kappa shape index (κ2) is 8.68. The standard InChI is InChI=1S/C24H32O8/c1-9-11-14-16-20(26)23(29-5,30-6)17(14)18-22(12-10-2,21(16)28-4)13-15(27-3)19(25)24(18,31-7)32-8/h9-10,13,17-18,21H,1-2,11-12H2,3-8H3. The van der Waals surface area contributed by atoms with Crippen molar-refractivity contribution in [2.45, 2.75) is 30.5 Å². The van der Waals surface area contributed by atoms with Crippen LogP contribution in [0.25, 0.3) is 0 Å². The van der Waals surface area contributed by atoms with Crippen molar-refractivity contribution in [1.29, 1.82) is 0 Å². The molecule has 0 aromatic heterocycles. The average molecular weight is 449 g/mol. The first-order valence-electron chi connectivity index (χ1n) is 10.3. The predicted molar refractivity (Wildman–Crippen MR) is 115 cm³/mol. The summed E-state index contributed by atoms with van der Waals surface area (Å²) in [6.45, 7) is 7.78. The first-order chi connectivity index (χ1) is 15.3. The highest BCUT2D eigenvalue weighted by Gasteiger charge is 2.76. The summed E-state index contributed by atoms with van der Waals surface area (Å²) in [5, 5.41) is 0. The first kappa shape index (κ1) is 24.5. The van der Waals surface area contributed by atoms with E-state index in [0.717, 1.165) is 5.57 Å². The van der Waals surface area contributed by atoms with Gasteiger partial charge >= 0.3 is 0 Å². The maximum atomic E-state index is 13.9. The zero-order chi connectivity index (χ0) is 23.9. The number of hydrogen-bond donors (Lipinski definition) is 0. The van der Waals surface area contributed by atoms with Crippen molar-refractivity contribution in [1.82, 2.24) is 0 Å². The molecule has 0 amide bonds. The molecule has 0 saturated heterocycles. The molecule has 32 heavy (non-hydrogen) atoms. The molecule has 0 aromatic carbocycles. The Balaban J connectivity index is 2.53. The van der Waals surface area contributed by atoms with Crippen LogP contribution in [0.3, 0.4) is 0 Å². The Morgan fingerprint density at radius 1 is 0.906 bits per heavy atom. The Kier molecular flexibility index (Phi) is 6.66. The SMILES string of the molecule is C=CCC1=C2C(=O)C(OC)(OC)C1C1C(OC)(OC)C(=O)C(OC)=CC1(CC=C)C2OC. The van der Waals surface area contributed by atoms with Gasteiger partial charge in [0.1, 0.15) is 0 Å². The number of Topliss-reactive ketones (excluding diaryl/α,β-unsaturated/α-hetero) is 2. The molecule has 4 atom stereocenters. The van der Waals surface area contributed by atoms with Gasteiger partial charge in [0.25, 0.3) is 5.78 Å². The van der Waals surface area contributed by atoms with Crippen LogP contribution in [0.4, 0.5) is 0 Å². The highest BCUT2D eigenvalue weighted by molar-refractivity contribution is 6.08. The van der Waals surface area contributed by atoms with Crippen molar-refractivity contribution in [2.75, 3.05) is 42.7 Å². The van der Waals surface area contributed by atoms with Crippen molar-refractivity contribution in [3.05, 3.63) is 48.3 Å². The van der Waals surface area contributed by atoms with Crippen LogP contribution in [0.5, 0.6) is 0 Å². The van der Waals surface area contributed by atoms with Crippen LogP contribution in [0.1, 0.15) is 12.8 Å². The van der Waals surface area contributed by atoms with Crippen LogP contribution >= 0.6 is 0 Å². The third kappa shape index (κ3) is 2.74. The van der Waals surface area contributed by atoms with Gasteiger partial charge < -0.3 is 28.4 Å². The van der Waals surface area contributed by atoms with E-state index in [0.29, 0.717) is 18.4 Å². The molecule has 3 aliphatic rings. The fraction of sp³-hybridized carbons (Fsp3) is 0.583. The predicted octanol–water partition coefficient (Wildman–Crippen LogP) is 2.36. The molecule has 0 saturated carbocycles. The Bertz CT molecular complexity index is 876. The molecule has 4 unspecified atom stereocenters. The summed E-state index contributed by atoms with van der Waals surface area (Å²) < 4.78 is 34.7. The number of carbonyl (C=O) groups excluding carboxylic acids is 2. The molecule has 3 rings (SSSR count).